The number of hydrogen-bond donors (Lipinski definition) is 0. The number of aryl methyl sites for hydroxylation is 2. The molecule has 0 spiro atoms. The standard InChI is InChI=1S/C17H16F2N4O2S2/c1-11-3-6-14(9-12(11)2)23-17(20-21-22-23)26-10-13-4-7-15(8-5-13)27(24,25)16(18)19/h3-9,16H,10H2,1-2H3. The van der Waals surface area contributed by atoms with Crippen LogP contribution in [0.5, 0.6) is 0 Å². The van der Waals surface area contributed by atoms with Gasteiger partial charge in [-0.25, -0.2) is 8.42 Å². The third kappa shape index (κ3) is 4.16. The Hall–Kier alpha value is -2.33. The van der Waals surface area contributed by atoms with Gasteiger partial charge in [-0.15, -0.1) is 5.10 Å². The van der Waals surface area contributed by atoms with Gasteiger partial charge in [0.1, 0.15) is 0 Å². The molecule has 0 amide bonds. The molecule has 0 saturated carbocycles. The summed E-state index contributed by atoms with van der Waals surface area (Å²) in [5.41, 5.74) is 3.89. The zero-order chi connectivity index (χ0) is 19.6. The van der Waals surface area contributed by atoms with E-state index in [2.05, 4.69) is 15.5 Å². The number of aromatic nitrogens is 4. The van der Waals surface area contributed by atoms with E-state index in [1.807, 2.05) is 32.0 Å². The predicted molar refractivity (Wildman–Crippen MR) is 97.8 cm³/mol. The van der Waals surface area contributed by atoms with Crippen LogP contribution in [-0.4, -0.2) is 34.4 Å². The number of alkyl halides is 2. The maximum Gasteiger partial charge on any atom is 0.341 e. The molecule has 0 atom stereocenters. The molecule has 27 heavy (non-hydrogen) atoms. The Morgan fingerprint density at radius 2 is 1.78 bits per heavy atom. The van der Waals surface area contributed by atoms with Crippen LogP contribution in [0.1, 0.15) is 16.7 Å². The molecule has 0 radical (unpaired) electrons. The van der Waals surface area contributed by atoms with Crippen LogP contribution in [0.15, 0.2) is 52.5 Å². The molecule has 1 heterocycles. The normalized spacial score (nSPS) is 11.9. The van der Waals surface area contributed by atoms with Gasteiger partial charge in [-0.1, -0.05) is 30.0 Å². The molecule has 0 aliphatic heterocycles. The summed E-state index contributed by atoms with van der Waals surface area (Å²) in [7, 11) is -4.58. The minimum absolute atomic E-state index is 0.397. The second-order valence-electron chi connectivity index (χ2n) is 5.88. The Balaban J connectivity index is 1.75. The highest BCUT2D eigenvalue weighted by molar-refractivity contribution is 7.98. The first-order chi connectivity index (χ1) is 12.8. The number of benzene rings is 2. The van der Waals surface area contributed by atoms with Crippen LogP contribution < -0.4 is 0 Å². The Morgan fingerprint density at radius 1 is 1.07 bits per heavy atom. The topological polar surface area (TPSA) is 77.7 Å². The fourth-order valence-electron chi connectivity index (χ4n) is 2.31. The summed E-state index contributed by atoms with van der Waals surface area (Å²) in [6, 6.07) is 11.3. The first-order valence-corrected chi connectivity index (χ1v) is 10.4. The minimum atomic E-state index is -4.58. The van der Waals surface area contributed by atoms with Crippen LogP contribution in [0, 0.1) is 13.8 Å². The Morgan fingerprint density at radius 3 is 2.41 bits per heavy atom. The van der Waals surface area contributed by atoms with Crippen LogP contribution in [0.3, 0.4) is 0 Å². The summed E-state index contributed by atoms with van der Waals surface area (Å²) < 4.78 is 49.7. The fourth-order valence-corrected chi connectivity index (χ4v) is 3.88. The first-order valence-electron chi connectivity index (χ1n) is 7.89. The lowest BCUT2D eigenvalue weighted by Gasteiger charge is -2.07. The number of hydrogen-bond acceptors (Lipinski definition) is 6. The van der Waals surface area contributed by atoms with Crippen molar-refractivity contribution >= 4 is 21.6 Å². The predicted octanol–water partition coefficient (Wildman–Crippen LogP) is 3.57. The molecule has 0 bridgehead atoms. The Bertz CT molecular complexity index is 1050. The molecule has 0 fully saturated rings. The zero-order valence-corrected chi connectivity index (χ0v) is 16.1. The van der Waals surface area contributed by atoms with E-state index in [0.717, 1.165) is 16.8 Å². The van der Waals surface area contributed by atoms with Gasteiger partial charge >= 0.3 is 5.76 Å². The molecule has 0 aliphatic carbocycles. The summed E-state index contributed by atoms with van der Waals surface area (Å²) in [5.74, 6) is -2.97. The lowest BCUT2D eigenvalue weighted by atomic mass is 10.1. The molecule has 1 aromatic heterocycles. The third-order valence-electron chi connectivity index (χ3n) is 4.03. The fraction of sp³-hybridized carbons (Fsp3) is 0.235. The second kappa shape index (κ2) is 7.73. The summed E-state index contributed by atoms with van der Waals surface area (Å²) >= 11 is 1.36. The van der Waals surface area contributed by atoms with Crippen LogP contribution in [0.25, 0.3) is 5.69 Å². The smallest absolute Gasteiger partial charge is 0.218 e. The van der Waals surface area contributed by atoms with E-state index >= 15 is 0 Å². The lowest BCUT2D eigenvalue weighted by Crippen LogP contribution is -2.11. The first kappa shape index (κ1) is 19.4. The summed E-state index contributed by atoms with van der Waals surface area (Å²) in [4.78, 5) is -0.397. The number of thioether (sulfide) groups is 1. The average Bonchev–Trinajstić information content (AvgIpc) is 3.11. The van der Waals surface area contributed by atoms with Crippen molar-refractivity contribution in [3.8, 4) is 5.69 Å². The molecule has 0 aliphatic rings. The van der Waals surface area contributed by atoms with Crippen LogP contribution in [-0.2, 0) is 15.6 Å². The van der Waals surface area contributed by atoms with E-state index < -0.39 is 20.5 Å². The van der Waals surface area contributed by atoms with Crippen molar-refractivity contribution in [2.75, 3.05) is 0 Å². The molecule has 6 nitrogen and oxygen atoms in total. The van der Waals surface area contributed by atoms with E-state index in [1.165, 1.54) is 41.6 Å². The van der Waals surface area contributed by atoms with Gasteiger partial charge < -0.3 is 0 Å². The van der Waals surface area contributed by atoms with Gasteiger partial charge in [0, 0.05) is 5.75 Å². The SMILES string of the molecule is Cc1ccc(-n2nnnc2SCc2ccc(S(=O)(=O)C(F)F)cc2)cc1C. The molecule has 3 aromatic rings. The zero-order valence-electron chi connectivity index (χ0n) is 14.5. The molecular weight excluding hydrogens is 394 g/mol. The van der Waals surface area contributed by atoms with Crippen LogP contribution >= 0.6 is 11.8 Å². The molecular formula is C17H16F2N4O2S2. The van der Waals surface area contributed by atoms with E-state index in [-0.39, 0.29) is 0 Å². The minimum Gasteiger partial charge on any atom is -0.218 e. The summed E-state index contributed by atoms with van der Waals surface area (Å²) in [5, 5.41) is 12.3. The van der Waals surface area contributed by atoms with E-state index in [1.54, 1.807) is 4.68 Å². The molecule has 2 aromatic carbocycles. The van der Waals surface area contributed by atoms with E-state index in [4.69, 9.17) is 0 Å². The van der Waals surface area contributed by atoms with Crippen molar-refractivity contribution < 1.29 is 17.2 Å². The largest absolute Gasteiger partial charge is 0.341 e. The van der Waals surface area contributed by atoms with Gasteiger partial charge in [-0.05, 0) is 65.2 Å². The second-order valence-corrected chi connectivity index (χ2v) is 8.74. The van der Waals surface area contributed by atoms with Crippen LogP contribution in [0.4, 0.5) is 8.78 Å². The molecule has 0 N–H and O–H groups in total. The van der Waals surface area contributed by atoms with Gasteiger partial charge in [0.05, 0.1) is 10.6 Å². The summed E-state index contributed by atoms with van der Waals surface area (Å²) in [6.07, 6.45) is 0. The van der Waals surface area contributed by atoms with Crippen molar-refractivity contribution in [3.63, 3.8) is 0 Å². The average molecular weight is 410 g/mol. The highest BCUT2D eigenvalue weighted by Crippen LogP contribution is 2.25. The number of nitrogens with zero attached hydrogens (tertiary/aromatic N) is 4. The monoisotopic (exact) mass is 410 g/mol. The van der Waals surface area contributed by atoms with Crippen molar-refractivity contribution in [3.05, 3.63) is 59.2 Å². The third-order valence-corrected chi connectivity index (χ3v) is 6.42. The Labute approximate surface area is 159 Å². The molecule has 0 saturated heterocycles. The van der Waals surface area contributed by atoms with Crippen LogP contribution in [0.2, 0.25) is 0 Å². The van der Waals surface area contributed by atoms with Crippen molar-refractivity contribution in [1.29, 1.82) is 0 Å². The maximum atomic E-state index is 12.6. The van der Waals surface area contributed by atoms with Gasteiger partial charge in [0.15, 0.2) is 0 Å². The van der Waals surface area contributed by atoms with Gasteiger partial charge in [-0.3, -0.25) is 0 Å². The molecule has 3 rings (SSSR count). The summed E-state index contributed by atoms with van der Waals surface area (Å²) in [6.45, 7) is 4.03. The Kier molecular flexibility index (Phi) is 5.56. The van der Waals surface area contributed by atoms with E-state index in [0.29, 0.717) is 10.9 Å². The molecule has 10 heteroatoms. The van der Waals surface area contributed by atoms with Crippen molar-refractivity contribution in [2.24, 2.45) is 0 Å². The number of tetrazole rings is 1. The van der Waals surface area contributed by atoms with E-state index in [9.17, 15) is 17.2 Å². The molecule has 142 valence electrons. The number of halogens is 2. The quantitative estimate of drug-likeness (QED) is 0.578. The number of sulfone groups is 1. The lowest BCUT2D eigenvalue weighted by molar-refractivity contribution is 0.234. The van der Waals surface area contributed by atoms with Crippen molar-refractivity contribution in [1.82, 2.24) is 20.2 Å². The maximum absolute atomic E-state index is 12.6. The highest BCUT2D eigenvalue weighted by atomic mass is 32.2. The van der Waals surface area contributed by atoms with Gasteiger partial charge in [0.2, 0.25) is 15.0 Å². The molecule has 0 unspecified atom stereocenters. The van der Waals surface area contributed by atoms with Gasteiger partial charge in [0.25, 0.3) is 0 Å². The number of rotatable bonds is 6. The van der Waals surface area contributed by atoms with Crippen molar-refractivity contribution in [2.45, 2.75) is 35.4 Å². The van der Waals surface area contributed by atoms with Gasteiger partial charge in [-0.2, -0.15) is 13.5 Å². The highest BCUT2D eigenvalue weighted by Gasteiger charge is 2.26.